The molecule has 1 rings (SSSR count). The lowest BCUT2D eigenvalue weighted by Crippen LogP contribution is -2.11. The van der Waals surface area contributed by atoms with Crippen LogP contribution >= 0.6 is 24.2 Å². The number of carbonyl (C=O) groups excluding carboxylic acids is 1. The number of thiol groups is 1. The zero-order valence-corrected chi connectivity index (χ0v) is 9.53. The molecule has 0 bridgehead atoms. The van der Waals surface area contributed by atoms with Crippen molar-refractivity contribution in [3.05, 3.63) is 28.8 Å². The molecule has 0 radical (unpaired) electrons. The summed E-state index contributed by atoms with van der Waals surface area (Å²) < 4.78 is 0. The largest absolute Gasteiger partial charge is 0.325 e. The molecule has 0 saturated carbocycles. The number of carbonyl (C=O) groups is 1. The van der Waals surface area contributed by atoms with Gasteiger partial charge in [0.2, 0.25) is 5.91 Å². The van der Waals surface area contributed by atoms with Gasteiger partial charge in [-0.1, -0.05) is 17.7 Å². The van der Waals surface area contributed by atoms with Crippen molar-refractivity contribution in [2.45, 2.75) is 13.3 Å². The van der Waals surface area contributed by atoms with Gasteiger partial charge < -0.3 is 5.32 Å². The first-order valence-corrected chi connectivity index (χ1v) is 5.31. The third-order valence-electron chi connectivity index (χ3n) is 1.74. The van der Waals surface area contributed by atoms with E-state index in [0.717, 1.165) is 5.56 Å². The van der Waals surface area contributed by atoms with Crippen molar-refractivity contribution in [3.63, 3.8) is 0 Å². The molecule has 0 aliphatic heterocycles. The van der Waals surface area contributed by atoms with Crippen molar-refractivity contribution in [3.8, 4) is 0 Å². The van der Waals surface area contributed by atoms with E-state index in [4.69, 9.17) is 11.6 Å². The summed E-state index contributed by atoms with van der Waals surface area (Å²) in [6.45, 7) is 1.95. The quantitative estimate of drug-likeness (QED) is 0.767. The summed E-state index contributed by atoms with van der Waals surface area (Å²) in [5, 5.41) is 3.29. The summed E-state index contributed by atoms with van der Waals surface area (Å²) in [6, 6.07) is 5.52. The Morgan fingerprint density at radius 2 is 2.29 bits per heavy atom. The molecule has 0 fully saturated rings. The number of amides is 1. The maximum atomic E-state index is 11.2. The fraction of sp³-hybridized carbons (Fsp3) is 0.300. The minimum atomic E-state index is -0.0641. The fourth-order valence-electron chi connectivity index (χ4n) is 1.04. The number of rotatable bonds is 3. The number of aryl methyl sites for hydroxylation is 1. The molecule has 0 spiro atoms. The van der Waals surface area contributed by atoms with Gasteiger partial charge in [0.1, 0.15) is 0 Å². The second kappa shape index (κ2) is 5.27. The molecule has 0 saturated heterocycles. The molecule has 0 aromatic heterocycles. The highest BCUT2D eigenvalue weighted by atomic mass is 35.5. The molecule has 2 nitrogen and oxygen atoms in total. The van der Waals surface area contributed by atoms with Crippen LogP contribution in [-0.2, 0) is 4.79 Å². The van der Waals surface area contributed by atoms with Crippen molar-refractivity contribution in [1.82, 2.24) is 0 Å². The lowest BCUT2D eigenvalue weighted by Gasteiger charge is -2.06. The number of hydrogen-bond donors (Lipinski definition) is 2. The van der Waals surface area contributed by atoms with Gasteiger partial charge in [-0.05, 0) is 30.4 Å². The van der Waals surface area contributed by atoms with Crippen LogP contribution in [0.25, 0.3) is 0 Å². The molecular formula is C10H12ClNOS. The smallest absolute Gasteiger partial charge is 0.225 e. The van der Waals surface area contributed by atoms with Crippen molar-refractivity contribution in [2.75, 3.05) is 11.1 Å². The summed E-state index contributed by atoms with van der Waals surface area (Å²) in [7, 11) is 0. The molecule has 0 aliphatic carbocycles. The Hall–Kier alpha value is -0.670. The van der Waals surface area contributed by atoms with Gasteiger partial charge in [-0.15, -0.1) is 0 Å². The van der Waals surface area contributed by atoms with Gasteiger partial charge in [0.15, 0.2) is 0 Å². The number of nitrogens with one attached hydrogen (secondary N) is 1. The second-order valence-electron chi connectivity index (χ2n) is 3.01. The summed E-state index contributed by atoms with van der Waals surface area (Å²) in [4.78, 5) is 11.2. The van der Waals surface area contributed by atoms with Gasteiger partial charge in [-0.25, -0.2) is 0 Å². The summed E-state index contributed by atoms with van der Waals surface area (Å²) in [5.41, 5.74) is 1.73. The minimum Gasteiger partial charge on any atom is -0.325 e. The summed E-state index contributed by atoms with van der Waals surface area (Å²) in [5.74, 6) is 0.473. The Morgan fingerprint density at radius 1 is 1.57 bits per heavy atom. The van der Waals surface area contributed by atoms with Crippen molar-refractivity contribution >= 4 is 35.8 Å². The Labute approximate surface area is 94.1 Å². The first kappa shape index (κ1) is 11.4. The molecule has 1 aromatic rings. The monoisotopic (exact) mass is 229 g/mol. The maximum Gasteiger partial charge on any atom is 0.225 e. The first-order chi connectivity index (χ1) is 6.63. The molecule has 76 valence electrons. The van der Waals surface area contributed by atoms with E-state index in [9.17, 15) is 4.79 Å². The molecule has 0 aliphatic rings. The standard InChI is InChI=1S/C10H12ClNOS/c1-7-2-3-9(8(11)6-7)12-10(13)4-5-14/h2-3,6,14H,4-5H2,1H3,(H,12,13). The van der Waals surface area contributed by atoms with Crippen molar-refractivity contribution in [1.29, 1.82) is 0 Å². The Bertz CT molecular complexity index is 341. The van der Waals surface area contributed by atoms with Gasteiger partial charge in [-0.3, -0.25) is 4.79 Å². The minimum absolute atomic E-state index is 0.0641. The van der Waals surface area contributed by atoms with E-state index in [1.54, 1.807) is 6.07 Å². The van der Waals surface area contributed by atoms with Crippen LogP contribution in [0.3, 0.4) is 0 Å². The van der Waals surface area contributed by atoms with Crippen molar-refractivity contribution in [2.24, 2.45) is 0 Å². The van der Waals surface area contributed by atoms with Crippen LogP contribution in [-0.4, -0.2) is 11.7 Å². The van der Waals surface area contributed by atoms with E-state index in [-0.39, 0.29) is 5.91 Å². The number of halogens is 1. The number of hydrogen-bond acceptors (Lipinski definition) is 2. The van der Waals surface area contributed by atoms with Gasteiger partial charge in [0.25, 0.3) is 0 Å². The lowest BCUT2D eigenvalue weighted by molar-refractivity contribution is -0.115. The van der Waals surface area contributed by atoms with E-state index >= 15 is 0 Å². The predicted octanol–water partition coefficient (Wildman–Crippen LogP) is 2.91. The molecule has 0 atom stereocenters. The first-order valence-electron chi connectivity index (χ1n) is 4.30. The van der Waals surface area contributed by atoms with Crippen LogP contribution in [0, 0.1) is 6.92 Å². The second-order valence-corrected chi connectivity index (χ2v) is 3.86. The highest BCUT2D eigenvalue weighted by Gasteiger charge is 2.04. The van der Waals surface area contributed by atoms with E-state index in [0.29, 0.717) is 22.9 Å². The topological polar surface area (TPSA) is 29.1 Å². The molecule has 14 heavy (non-hydrogen) atoms. The van der Waals surface area contributed by atoms with Crippen LogP contribution < -0.4 is 5.32 Å². The van der Waals surface area contributed by atoms with Crippen LogP contribution in [0.1, 0.15) is 12.0 Å². The predicted molar refractivity (Wildman–Crippen MR) is 63.3 cm³/mol. The van der Waals surface area contributed by atoms with E-state index in [1.807, 2.05) is 19.1 Å². The molecule has 0 heterocycles. The van der Waals surface area contributed by atoms with Crippen LogP contribution in [0.2, 0.25) is 5.02 Å². The molecule has 1 N–H and O–H groups in total. The van der Waals surface area contributed by atoms with Crippen molar-refractivity contribution < 1.29 is 4.79 Å². The van der Waals surface area contributed by atoms with Gasteiger partial charge in [-0.2, -0.15) is 12.6 Å². The molecule has 0 unspecified atom stereocenters. The van der Waals surface area contributed by atoms with Crippen LogP contribution in [0.5, 0.6) is 0 Å². The summed E-state index contributed by atoms with van der Waals surface area (Å²) >= 11 is 9.91. The van der Waals surface area contributed by atoms with Crippen LogP contribution in [0.15, 0.2) is 18.2 Å². The third kappa shape index (κ3) is 3.24. The molecule has 1 aromatic carbocycles. The zero-order valence-electron chi connectivity index (χ0n) is 7.88. The summed E-state index contributed by atoms with van der Waals surface area (Å²) in [6.07, 6.45) is 0.396. The number of anilines is 1. The van der Waals surface area contributed by atoms with E-state index < -0.39 is 0 Å². The Morgan fingerprint density at radius 3 is 2.86 bits per heavy atom. The lowest BCUT2D eigenvalue weighted by atomic mass is 10.2. The van der Waals surface area contributed by atoms with Crippen LogP contribution in [0.4, 0.5) is 5.69 Å². The third-order valence-corrected chi connectivity index (χ3v) is 2.27. The average Bonchev–Trinajstić information content (AvgIpc) is 2.10. The Kier molecular flexibility index (Phi) is 4.29. The normalized spacial score (nSPS) is 9.93. The SMILES string of the molecule is Cc1ccc(NC(=O)CCS)c(Cl)c1. The molecular weight excluding hydrogens is 218 g/mol. The van der Waals surface area contributed by atoms with Gasteiger partial charge in [0, 0.05) is 6.42 Å². The van der Waals surface area contributed by atoms with Gasteiger partial charge >= 0.3 is 0 Å². The number of benzene rings is 1. The average molecular weight is 230 g/mol. The van der Waals surface area contributed by atoms with E-state index in [2.05, 4.69) is 17.9 Å². The highest BCUT2D eigenvalue weighted by Crippen LogP contribution is 2.22. The van der Waals surface area contributed by atoms with Gasteiger partial charge in [0.05, 0.1) is 10.7 Å². The highest BCUT2D eigenvalue weighted by molar-refractivity contribution is 7.80. The fourth-order valence-corrected chi connectivity index (χ4v) is 1.52. The Balaban J connectivity index is 2.72. The van der Waals surface area contributed by atoms with E-state index in [1.165, 1.54) is 0 Å². The molecule has 1 amide bonds. The zero-order chi connectivity index (χ0) is 10.6. The maximum absolute atomic E-state index is 11.2. The molecule has 4 heteroatoms.